The smallest absolute Gasteiger partial charge is 0.266 e. The van der Waals surface area contributed by atoms with E-state index in [1.165, 1.54) is 18.7 Å². The van der Waals surface area contributed by atoms with Gasteiger partial charge in [0.05, 0.1) is 11.4 Å². The van der Waals surface area contributed by atoms with Gasteiger partial charge in [0.1, 0.15) is 10.1 Å². The van der Waals surface area contributed by atoms with Crippen molar-refractivity contribution in [1.29, 1.82) is 0 Å². The maximum absolute atomic E-state index is 12.8. The Bertz CT molecular complexity index is 1010. The van der Waals surface area contributed by atoms with Gasteiger partial charge in [0.25, 0.3) is 5.91 Å². The molecule has 5 nitrogen and oxygen atoms in total. The Labute approximate surface area is 204 Å². The molecule has 1 N–H and O–H groups in total. The van der Waals surface area contributed by atoms with Crippen LogP contribution < -0.4 is 10.1 Å². The fraction of sp³-hybridized carbons (Fsp3) is 0.190. The number of thiocarbonyl (C=S) groups is 1. The van der Waals surface area contributed by atoms with Gasteiger partial charge in [-0.15, -0.1) is 0 Å². The van der Waals surface area contributed by atoms with E-state index < -0.39 is 15.9 Å². The van der Waals surface area contributed by atoms with Crippen molar-refractivity contribution in [2.24, 2.45) is 0 Å². The fourth-order valence-electron chi connectivity index (χ4n) is 2.70. The van der Waals surface area contributed by atoms with Gasteiger partial charge in [-0.1, -0.05) is 101 Å². The highest BCUT2D eigenvalue weighted by Gasteiger charge is 2.35. The van der Waals surface area contributed by atoms with Crippen LogP contribution in [-0.2, 0) is 16.1 Å². The number of amides is 2. The lowest BCUT2D eigenvalue weighted by Gasteiger charge is -2.25. The molecule has 1 atom stereocenters. The van der Waals surface area contributed by atoms with E-state index in [9.17, 15) is 9.59 Å². The van der Waals surface area contributed by atoms with Crippen LogP contribution in [0.25, 0.3) is 6.08 Å². The molecule has 31 heavy (non-hydrogen) atoms. The van der Waals surface area contributed by atoms with E-state index in [0.29, 0.717) is 21.5 Å². The number of ether oxygens (including phenoxy) is 1. The van der Waals surface area contributed by atoms with E-state index in [1.807, 2.05) is 30.3 Å². The molecule has 0 bridgehead atoms. The minimum Gasteiger partial charge on any atom is -0.466 e. The highest BCUT2D eigenvalue weighted by atomic mass is 35.6. The van der Waals surface area contributed by atoms with Crippen LogP contribution in [0.15, 0.2) is 59.5 Å². The third kappa shape index (κ3) is 6.60. The van der Waals surface area contributed by atoms with Crippen LogP contribution >= 0.6 is 58.8 Å². The summed E-state index contributed by atoms with van der Waals surface area (Å²) in [6.07, 6.45) is 0.601. The minimum atomic E-state index is -1.85. The molecule has 10 heteroatoms. The monoisotopic (exact) mass is 514 g/mol. The molecule has 0 radical (unpaired) electrons. The lowest BCUT2D eigenvalue weighted by molar-refractivity contribution is -0.123. The number of thioether (sulfide) groups is 1. The third-order valence-electron chi connectivity index (χ3n) is 4.12. The molecular formula is C21H17Cl3N2O3S2. The Morgan fingerprint density at radius 3 is 2.42 bits per heavy atom. The standard InChI is InChI=1S/C21H17Cl3N2O3S2/c1-13(27)25-19(21(22,23)24)29-16-9-7-14(8-10-16)11-17-18(28)26(20(30)31-17)12-15-5-3-2-4-6-15/h2-11,19H,12H2,1H3,(H,25,27)/b17-11-. The summed E-state index contributed by atoms with van der Waals surface area (Å²) in [6.45, 7) is 1.72. The largest absolute Gasteiger partial charge is 0.466 e. The molecule has 0 spiro atoms. The molecule has 2 amide bonds. The zero-order valence-corrected chi connectivity index (χ0v) is 20.1. The van der Waals surface area contributed by atoms with E-state index in [0.717, 1.165) is 11.1 Å². The summed E-state index contributed by atoms with van der Waals surface area (Å²) in [7, 11) is 0. The first-order chi connectivity index (χ1) is 14.6. The molecule has 1 aliphatic heterocycles. The van der Waals surface area contributed by atoms with Gasteiger partial charge in [0, 0.05) is 6.92 Å². The first kappa shape index (κ1) is 23.9. The predicted octanol–water partition coefficient (Wildman–Crippen LogP) is 5.30. The molecule has 0 saturated carbocycles. The number of hydrogen-bond donors (Lipinski definition) is 1. The molecule has 1 heterocycles. The van der Waals surface area contributed by atoms with Crippen molar-refractivity contribution in [3.63, 3.8) is 0 Å². The zero-order valence-electron chi connectivity index (χ0n) is 16.2. The van der Waals surface area contributed by atoms with Crippen LogP contribution in [0.4, 0.5) is 0 Å². The minimum absolute atomic E-state index is 0.138. The van der Waals surface area contributed by atoms with Gasteiger partial charge in [0.15, 0.2) is 0 Å². The van der Waals surface area contributed by atoms with E-state index in [1.54, 1.807) is 35.2 Å². The number of rotatable bonds is 6. The average Bonchev–Trinajstić information content (AvgIpc) is 2.96. The second-order valence-corrected chi connectivity index (χ2v) is 10.6. The Balaban J connectivity index is 1.70. The molecule has 1 saturated heterocycles. The number of nitrogens with one attached hydrogen (secondary N) is 1. The number of alkyl halides is 3. The summed E-state index contributed by atoms with van der Waals surface area (Å²) in [4.78, 5) is 26.2. The molecular weight excluding hydrogens is 499 g/mol. The quantitative estimate of drug-likeness (QED) is 0.245. The fourth-order valence-corrected chi connectivity index (χ4v) is 4.25. The topological polar surface area (TPSA) is 58.6 Å². The first-order valence-corrected chi connectivity index (χ1v) is 11.4. The summed E-state index contributed by atoms with van der Waals surface area (Å²) in [5.41, 5.74) is 1.78. The summed E-state index contributed by atoms with van der Waals surface area (Å²) in [6, 6.07) is 16.5. The van der Waals surface area contributed by atoms with Gasteiger partial charge in [-0.2, -0.15) is 0 Å². The van der Waals surface area contributed by atoms with E-state index in [-0.39, 0.29) is 5.91 Å². The van der Waals surface area contributed by atoms with Crippen LogP contribution in [0.5, 0.6) is 5.75 Å². The van der Waals surface area contributed by atoms with Gasteiger partial charge >= 0.3 is 0 Å². The second kappa shape index (κ2) is 10.2. The SMILES string of the molecule is CC(=O)NC(Oc1ccc(/C=C2\SC(=S)N(Cc3ccccc3)C2=O)cc1)C(Cl)(Cl)Cl. The Morgan fingerprint density at radius 2 is 1.84 bits per heavy atom. The lowest BCUT2D eigenvalue weighted by atomic mass is 10.2. The van der Waals surface area contributed by atoms with Crippen LogP contribution in [-0.4, -0.2) is 31.1 Å². The Morgan fingerprint density at radius 1 is 1.19 bits per heavy atom. The van der Waals surface area contributed by atoms with Crippen molar-refractivity contribution in [2.75, 3.05) is 0 Å². The van der Waals surface area contributed by atoms with E-state index in [4.69, 9.17) is 51.8 Å². The number of carbonyl (C=O) groups is 2. The summed E-state index contributed by atoms with van der Waals surface area (Å²) in [5, 5.41) is 2.44. The number of benzene rings is 2. The van der Waals surface area contributed by atoms with Crippen LogP contribution in [0, 0.1) is 0 Å². The molecule has 1 aliphatic rings. The van der Waals surface area contributed by atoms with Crippen molar-refractivity contribution < 1.29 is 14.3 Å². The van der Waals surface area contributed by atoms with Crippen molar-refractivity contribution in [3.8, 4) is 5.75 Å². The van der Waals surface area contributed by atoms with Crippen molar-refractivity contribution in [2.45, 2.75) is 23.5 Å². The van der Waals surface area contributed by atoms with Gasteiger partial charge in [0.2, 0.25) is 15.9 Å². The van der Waals surface area contributed by atoms with Crippen LogP contribution in [0.3, 0.4) is 0 Å². The molecule has 0 aromatic heterocycles. The Kier molecular flexibility index (Phi) is 7.88. The molecule has 162 valence electrons. The zero-order chi connectivity index (χ0) is 22.6. The van der Waals surface area contributed by atoms with E-state index in [2.05, 4.69) is 5.32 Å². The molecule has 1 fully saturated rings. The molecule has 2 aromatic carbocycles. The third-order valence-corrected chi connectivity index (χ3v) is 6.09. The van der Waals surface area contributed by atoms with Crippen molar-refractivity contribution in [1.82, 2.24) is 10.2 Å². The highest BCUT2D eigenvalue weighted by molar-refractivity contribution is 8.26. The lowest BCUT2D eigenvalue weighted by Crippen LogP contribution is -2.47. The predicted molar refractivity (Wildman–Crippen MR) is 130 cm³/mol. The average molecular weight is 516 g/mol. The molecule has 3 rings (SSSR count). The van der Waals surface area contributed by atoms with Gasteiger partial charge in [-0.3, -0.25) is 14.5 Å². The molecule has 1 unspecified atom stereocenters. The van der Waals surface area contributed by atoms with E-state index >= 15 is 0 Å². The van der Waals surface area contributed by atoms with Crippen LogP contribution in [0.2, 0.25) is 0 Å². The van der Waals surface area contributed by atoms with Crippen molar-refractivity contribution >= 4 is 81.0 Å². The maximum atomic E-state index is 12.8. The number of hydrogen-bond acceptors (Lipinski definition) is 5. The number of nitrogens with zero attached hydrogens (tertiary/aromatic N) is 1. The van der Waals surface area contributed by atoms with Gasteiger partial charge in [-0.25, -0.2) is 0 Å². The summed E-state index contributed by atoms with van der Waals surface area (Å²) >= 11 is 24.2. The second-order valence-electron chi connectivity index (χ2n) is 6.56. The molecule has 0 aliphatic carbocycles. The van der Waals surface area contributed by atoms with Crippen molar-refractivity contribution in [3.05, 3.63) is 70.6 Å². The Hall–Kier alpha value is -1.77. The number of halogens is 3. The van der Waals surface area contributed by atoms with Gasteiger partial charge in [-0.05, 0) is 29.3 Å². The number of carbonyl (C=O) groups excluding carboxylic acids is 2. The normalized spacial score (nSPS) is 16.5. The summed E-state index contributed by atoms with van der Waals surface area (Å²) in [5.74, 6) is -0.148. The first-order valence-electron chi connectivity index (χ1n) is 9.03. The van der Waals surface area contributed by atoms with Crippen LogP contribution in [0.1, 0.15) is 18.1 Å². The van der Waals surface area contributed by atoms with Gasteiger partial charge < -0.3 is 10.1 Å². The molecule has 2 aromatic rings. The summed E-state index contributed by atoms with van der Waals surface area (Å²) < 4.78 is 4.25. The highest BCUT2D eigenvalue weighted by Crippen LogP contribution is 2.34. The maximum Gasteiger partial charge on any atom is 0.266 e.